The summed E-state index contributed by atoms with van der Waals surface area (Å²) in [6.07, 6.45) is -1.73. The van der Waals surface area contributed by atoms with Crippen LogP contribution < -0.4 is 19.7 Å². The molecule has 13 heteroatoms. The highest BCUT2D eigenvalue weighted by atomic mass is 35.5. The normalized spacial score (nSPS) is 13.5. The molecule has 0 amide bonds. The first-order valence-corrected chi connectivity index (χ1v) is 13.7. The van der Waals surface area contributed by atoms with E-state index in [-0.39, 0.29) is 6.61 Å². The van der Waals surface area contributed by atoms with Crippen LogP contribution in [0, 0.1) is 20.8 Å². The number of likely N-dealkylation sites (N-methyl/N-ethyl adjacent to an activating group) is 1. The van der Waals surface area contributed by atoms with Crippen molar-refractivity contribution in [3.63, 3.8) is 0 Å². The molecular formula is C29H31ClF2N6O4. The van der Waals surface area contributed by atoms with Crippen molar-refractivity contribution >= 4 is 17.4 Å². The Labute approximate surface area is 246 Å². The summed E-state index contributed by atoms with van der Waals surface area (Å²) in [5, 5.41) is 17.5. The summed E-state index contributed by atoms with van der Waals surface area (Å²) in [6, 6.07) is 6.73. The number of aliphatic hydroxyl groups is 1. The zero-order valence-corrected chi connectivity index (χ0v) is 24.4. The molecule has 222 valence electrons. The van der Waals surface area contributed by atoms with Gasteiger partial charge in [-0.05, 0) is 52.1 Å². The van der Waals surface area contributed by atoms with Gasteiger partial charge in [0.25, 0.3) is 6.43 Å². The van der Waals surface area contributed by atoms with Gasteiger partial charge in [0.05, 0.1) is 40.8 Å². The number of anilines is 1. The minimum absolute atomic E-state index is 0.0846. The van der Waals surface area contributed by atoms with Crippen molar-refractivity contribution in [2.24, 2.45) is 0 Å². The third-order valence-corrected chi connectivity index (χ3v) is 7.24. The Morgan fingerprint density at radius 3 is 2.64 bits per heavy atom. The van der Waals surface area contributed by atoms with E-state index in [9.17, 15) is 13.9 Å². The molecule has 1 aromatic carbocycles. The second kappa shape index (κ2) is 12.6. The molecule has 0 radical (unpaired) electrons. The third-order valence-electron chi connectivity index (χ3n) is 6.91. The highest BCUT2D eigenvalue weighted by molar-refractivity contribution is 6.33. The second-order valence-corrected chi connectivity index (χ2v) is 10.4. The Kier molecular flexibility index (Phi) is 8.85. The Balaban J connectivity index is 1.57. The molecule has 0 unspecified atom stereocenters. The van der Waals surface area contributed by atoms with Crippen LogP contribution >= 0.6 is 11.6 Å². The van der Waals surface area contributed by atoms with Crippen LogP contribution in [-0.4, -0.2) is 64.6 Å². The summed E-state index contributed by atoms with van der Waals surface area (Å²) in [5.74, 6) is 2.42. The minimum atomic E-state index is -2.59. The summed E-state index contributed by atoms with van der Waals surface area (Å²) in [6.45, 7) is 6.07. The molecule has 42 heavy (non-hydrogen) atoms. The first-order chi connectivity index (χ1) is 20.2. The monoisotopic (exact) mass is 600 g/mol. The highest BCUT2D eigenvalue weighted by Crippen LogP contribution is 2.40. The smallest absolute Gasteiger partial charge is 0.272 e. The van der Waals surface area contributed by atoms with Gasteiger partial charge >= 0.3 is 0 Å². The van der Waals surface area contributed by atoms with Gasteiger partial charge in [0, 0.05) is 29.4 Å². The van der Waals surface area contributed by atoms with Crippen LogP contribution in [0.2, 0.25) is 5.02 Å². The van der Waals surface area contributed by atoms with Gasteiger partial charge in [0.15, 0.2) is 5.82 Å². The van der Waals surface area contributed by atoms with E-state index in [1.807, 2.05) is 25.7 Å². The SMILES string of the molecule is CNC[C@@H](O)COc1ccc(Cl)c(-c2nc(-c3c(C)noc3C)c(C)c(N3Cc4nccc(OCC(F)F)c4C3)n2)c1. The number of ether oxygens (including phenoxy) is 2. The predicted molar refractivity (Wildman–Crippen MR) is 153 cm³/mol. The standard InChI is InChI=1S/C29H31ClF2N6O4/c1-15-27(26-16(2)37-42-17(26)3)35-28(20-9-19(5-6-22(20)30)40-13-18(39)10-33-4)36-29(15)38-11-21-23(12-38)34-8-7-24(21)41-14-25(31)32/h5-9,18,25,33,39H,10-14H2,1-4H3/t18-/m1/s1. The van der Waals surface area contributed by atoms with Crippen molar-refractivity contribution in [1.82, 2.24) is 25.4 Å². The lowest BCUT2D eigenvalue weighted by Gasteiger charge is -2.22. The highest BCUT2D eigenvalue weighted by Gasteiger charge is 2.29. The van der Waals surface area contributed by atoms with E-state index in [0.717, 1.165) is 16.7 Å². The number of hydrogen-bond acceptors (Lipinski definition) is 10. The van der Waals surface area contributed by atoms with Gasteiger partial charge in [-0.1, -0.05) is 16.8 Å². The first kappa shape index (κ1) is 29.6. The average molecular weight is 601 g/mol. The van der Waals surface area contributed by atoms with Crippen molar-refractivity contribution < 1.29 is 27.9 Å². The van der Waals surface area contributed by atoms with Crippen LogP contribution in [0.1, 0.15) is 28.3 Å². The third kappa shape index (κ3) is 6.15. The fourth-order valence-electron chi connectivity index (χ4n) is 4.94. The zero-order chi connectivity index (χ0) is 30.0. The van der Waals surface area contributed by atoms with Gasteiger partial charge in [0.2, 0.25) is 0 Å². The zero-order valence-electron chi connectivity index (χ0n) is 23.6. The molecular weight excluding hydrogens is 570 g/mol. The van der Waals surface area contributed by atoms with E-state index in [1.54, 1.807) is 37.5 Å². The molecule has 4 aromatic rings. The number of aromatic nitrogens is 4. The van der Waals surface area contributed by atoms with E-state index >= 15 is 0 Å². The molecule has 0 spiro atoms. The first-order valence-electron chi connectivity index (χ1n) is 13.4. The van der Waals surface area contributed by atoms with Crippen LogP contribution in [0.4, 0.5) is 14.6 Å². The molecule has 0 bridgehead atoms. The van der Waals surface area contributed by atoms with E-state index < -0.39 is 19.1 Å². The van der Waals surface area contributed by atoms with Crippen molar-refractivity contribution in [2.45, 2.75) is 46.4 Å². The lowest BCUT2D eigenvalue weighted by molar-refractivity contribution is 0.0814. The Morgan fingerprint density at radius 1 is 1.12 bits per heavy atom. The topological polar surface area (TPSA) is 119 Å². The number of fused-ring (bicyclic) bond motifs is 1. The van der Waals surface area contributed by atoms with E-state index in [0.29, 0.717) is 76.2 Å². The molecule has 5 rings (SSSR count). The molecule has 1 atom stereocenters. The summed E-state index contributed by atoms with van der Waals surface area (Å²) in [5.41, 5.74) is 4.78. The number of rotatable bonds is 11. The van der Waals surface area contributed by atoms with Crippen LogP contribution in [0.25, 0.3) is 22.6 Å². The van der Waals surface area contributed by atoms with E-state index in [4.69, 9.17) is 35.6 Å². The van der Waals surface area contributed by atoms with E-state index in [1.165, 1.54) is 0 Å². The average Bonchev–Trinajstić information content (AvgIpc) is 3.54. The van der Waals surface area contributed by atoms with Crippen LogP contribution in [0.5, 0.6) is 11.5 Å². The number of alkyl halides is 2. The molecule has 0 saturated carbocycles. The summed E-state index contributed by atoms with van der Waals surface area (Å²) >= 11 is 6.66. The molecule has 10 nitrogen and oxygen atoms in total. The van der Waals surface area contributed by atoms with Gasteiger partial charge < -0.3 is 29.3 Å². The van der Waals surface area contributed by atoms with Crippen molar-refractivity contribution in [2.75, 3.05) is 31.7 Å². The maximum Gasteiger partial charge on any atom is 0.272 e. The van der Waals surface area contributed by atoms with E-state index in [2.05, 4.69) is 15.5 Å². The van der Waals surface area contributed by atoms with Gasteiger partial charge in [0.1, 0.15) is 42.4 Å². The number of hydrogen-bond donors (Lipinski definition) is 2. The number of benzene rings is 1. The molecule has 1 aliphatic heterocycles. The Bertz CT molecular complexity index is 1560. The van der Waals surface area contributed by atoms with Crippen LogP contribution in [0.3, 0.4) is 0 Å². The molecule has 0 fully saturated rings. The number of pyridine rings is 1. The minimum Gasteiger partial charge on any atom is -0.491 e. The molecule has 3 aromatic heterocycles. The van der Waals surface area contributed by atoms with Crippen molar-refractivity contribution in [3.05, 3.63) is 63.8 Å². The second-order valence-electron chi connectivity index (χ2n) is 10.0. The van der Waals surface area contributed by atoms with Crippen LogP contribution in [-0.2, 0) is 13.1 Å². The largest absolute Gasteiger partial charge is 0.491 e. The fraction of sp³-hybridized carbons (Fsp3) is 0.379. The van der Waals surface area contributed by atoms with Gasteiger partial charge in [-0.3, -0.25) is 4.98 Å². The maximum absolute atomic E-state index is 12.9. The molecule has 0 aliphatic carbocycles. The van der Waals surface area contributed by atoms with Crippen molar-refractivity contribution in [3.8, 4) is 34.1 Å². The number of aryl methyl sites for hydroxylation is 2. The Morgan fingerprint density at radius 2 is 1.93 bits per heavy atom. The predicted octanol–water partition coefficient (Wildman–Crippen LogP) is 4.90. The number of halogens is 3. The lowest BCUT2D eigenvalue weighted by Crippen LogP contribution is -2.29. The molecule has 0 saturated heterocycles. The molecule has 4 heterocycles. The number of aliphatic hydroxyl groups excluding tert-OH is 1. The summed E-state index contributed by atoms with van der Waals surface area (Å²) in [7, 11) is 1.75. The van der Waals surface area contributed by atoms with Crippen LogP contribution in [0.15, 0.2) is 35.0 Å². The Hall–Kier alpha value is -3.87. The fourth-order valence-corrected chi connectivity index (χ4v) is 5.14. The maximum atomic E-state index is 12.9. The number of nitrogens with one attached hydrogen (secondary N) is 1. The van der Waals surface area contributed by atoms with Gasteiger partial charge in [-0.25, -0.2) is 18.7 Å². The summed E-state index contributed by atoms with van der Waals surface area (Å²) < 4.78 is 42.4. The quantitative estimate of drug-likeness (QED) is 0.246. The molecule has 1 aliphatic rings. The van der Waals surface area contributed by atoms with Crippen molar-refractivity contribution in [1.29, 1.82) is 0 Å². The number of nitrogens with zero attached hydrogens (tertiary/aromatic N) is 5. The van der Waals surface area contributed by atoms with Gasteiger partial charge in [-0.2, -0.15) is 0 Å². The van der Waals surface area contributed by atoms with Gasteiger partial charge in [-0.15, -0.1) is 0 Å². The molecule has 2 N–H and O–H groups in total. The summed E-state index contributed by atoms with van der Waals surface area (Å²) in [4.78, 5) is 16.3. The lowest BCUT2D eigenvalue weighted by atomic mass is 10.0.